The number of fused-ring (bicyclic) bond motifs is 1. The number of halogens is 1. The summed E-state index contributed by atoms with van der Waals surface area (Å²) in [7, 11) is 1.77. The number of hydrogen-bond acceptors (Lipinski definition) is 4. The van der Waals surface area contributed by atoms with Gasteiger partial charge in [-0.25, -0.2) is 14.2 Å². The number of benzene rings is 1. The highest BCUT2D eigenvalue weighted by molar-refractivity contribution is 7.15. The van der Waals surface area contributed by atoms with Gasteiger partial charge in [-0.15, -0.1) is 11.3 Å². The van der Waals surface area contributed by atoms with Crippen LogP contribution in [0.5, 0.6) is 0 Å². The Morgan fingerprint density at radius 2 is 2.14 bits per heavy atom. The first-order valence-electron chi connectivity index (χ1n) is 6.20. The lowest BCUT2D eigenvalue weighted by molar-refractivity contribution is 0.0690. The molecular formula is C14H12FN3O2S. The molecule has 1 N–H and O–H groups in total. The van der Waals surface area contributed by atoms with E-state index < -0.39 is 5.97 Å². The van der Waals surface area contributed by atoms with Crippen molar-refractivity contribution in [1.29, 1.82) is 0 Å². The van der Waals surface area contributed by atoms with E-state index in [0.717, 1.165) is 5.56 Å². The Balaban J connectivity index is 1.95. The summed E-state index contributed by atoms with van der Waals surface area (Å²) in [5.41, 5.74) is 1.02. The number of aromatic nitrogens is 2. The van der Waals surface area contributed by atoms with Gasteiger partial charge in [0.2, 0.25) is 0 Å². The summed E-state index contributed by atoms with van der Waals surface area (Å²) in [5.74, 6) is -0.921. The van der Waals surface area contributed by atoms with Gasteiger partial charge in [-0.05, 0) is 17.7 Å². The molecule has 1 aromatic carbocycles. The molecule has 0 fully saturated rings. The third kappa shape index (κ3) is 2.47. The zero-order valence-corrected chi connectivity index (χ0v) is 12.0. The summed E-state index contributed by atoms with van der Waals surface area (Å²) in [5, 5.41) is 11.2. The second-order valence-electron chi connectivity index (χ2n) is 4.63. The van der Waals surface area contributed by atoms with Gasteiger partial charge in [0.05, 0.1) is 0 Å². The van der Waals surface area contributed by atoms with E-state index in [1.54, 1.807) is 40.1 Å². The van der Waals surface area contributed by atoms with Crippen LogP contribution in [0.2, 0.25) is 0 Å². The standard InChI is InChI=1S/C14H12FN3O2S/c1-17(8-9-2-4-10(15)5-3-9)12-11(13(19)20)18-6-7-21-14(18)16-12/h2-7H,8H2,1H3,(H,19,20). The average molecular weight is 305 g/mol. The van der Waals surface area contributed by atoms with Gasteiger partial charge >= 0.3 is 5.97 Å². The van der Waals surface area contributed by atoms with Gasteiger partial charge in [0.15, 0.2) is 16.5 Å². The summed E-state index contributed by atoms with van der Waals surface area (Å²) in [6.45, 7) is 0.450. The van der Waals surface area contributed by atoms with Crippen molar-refractivity contribution in [1.82, 2.24) is 9.38 Å². The quantitative estimate of drug-likeness (QED) is 0.805. The molecule has 0 radical (unpaired) electrons. The van der Waals surface area contributed by atoms with Crippen LogP contribution in [0.1, 0.15) is 16.1 Å². The fourth-order valence-electron chi connectivity index (χ4n) is 2.18. The molecule has 0 saturated heterocycles. The SMILES string of the molecule is CN(Cc1ccc(F)cc1)c1nc2sccn2c1C(=O)O. The highest BCUT2D eigenvalue weighted by Crippen LogP contribution is 2.25. The number of carboxylic acid groups (broad SMARTS) is 1. The Morgan fingerprint density at radius 1 is 1.43 bits per heavy atom. The summed E-state index contributed by atoms with van der Waals surface area (Å²) in [6.07, 6.45) is 1.69. The largest absolute Gasteiger partial charge is 0.476 e. The van der Waals surface area contributed by atoms with Crippen molar-refractivity contribution in [2.75, 3.05) is 11.9 Å². The van der Waals surface area contributed by atoms with Gasteiger partial charge in [-0.3, -0.25) is 4.40 Å². The molecule has 3 aromatic rings. The van der Waals surface area contributed by atoms with Crippen molar-refractivity contribution >= 4 is 28.1 Å². The molecular weight excluding hydrogens is 293 g/mol. The van der Waals surface area contributed by atoms with E-state index in [0.29, 0.717) is 17.3 Å². The fraction of sp³-hybridized carbons (Fsp3) is 0.143. The van der Waals surface area contributed by atoms with Crippen LogP contribution in [-0.4, -0.2) is 27.5 Å². The zero-order chi connectivity index (χ0) is 15.0. The number of nitrogens with zero attached hydrogens (tertiary/aromatic N) is 3. The van der Waals surface area contributed by atoms with Crippen molar-refractivity contribution in [3.05, 3.63) is 52.9 Å². The number of rotatable bonds is 4. The molecule has 0 aliphatic heterocycles. The number of hydrogen-bond donors (Lipinski definition) is 1. The number of thiazole rings is 1. The Hall–Kier alpha value is -2.41. The van der Waals surface area contributed by atoms with Gasteiger partial charge in [0.25, 0.3) is 0 Å². The van der Waals surface area contributed by atoms with Crippen LogP contribution in [0.3, 0.4) is 0 Å². The molecule has 2 heterocycles. The monoisotopic (exact) mass is 305 g/mol. The second-order valence-corrected chi connectivity index (χ2v) is 5.50. The van der Waals surface area contributed by atoms with Crippen LogP contribution in [0, 0.1) is 5.82 Å². The van der Waals surface area contributed by atoms with Crippen LogP contribution in [-0.2, 0) is 6.54 Å². The molecule has 5 nitrogen and oxygen atoms in total. The van der Waals surface area contributed by atoms with Crippen molar-refractivity contribution in [3.8, 4) is 0 Å². The Kier molecular flexibility index (Phi) is 3.34. The first-order chi connectivity index (χ1) is 10.1. The van der Waals surface area contributed by atoms with E-state index in [-0.39, 0.29) is 11.5 Å². The van der Waals surface area contributed by atoms with Gasteiger partial charge in [-0.2, -0.15) is 0 Å². The summed E-state index contributed by atoms with van der Waals surface area (Å²) in [6, 6.07) is 6.11. The first-order valence-corrected chi connectivity index (χ1v) is 7.08. The minimum Gasteiger partial charge on any atom is -0.476 e. The Bertz CT molecular complexity index is 794. The average Bonchev–Trinajstić information content (AvgIpc) is 3.00. The molecule has 3 rings (SSSR count). The topological polar surface area (TPSA) is 57.8 Å². The van der Waals surface area contributed by atoms with Gasteiger partial charge < -0.3 is 10.0 Å². The smallest absolute Gasteiger partial charge is 0.356 e. The first kappa shape index (κ1) is 13.6. The van der Waals surface area contributed by atoms with Gasteiger partial charge in [0.1, 0.15) is 5.82 Å². The van der Waals surface area contributed by atoms with E-state index >= 15 is 0 Å². The molecule has 7 heteroatoms. The highest BCUT2D eigenvalue weighted by atomic mass is 32.1. The lowest BCUT2D eigenvalue weighted by Crippen LogP contribution is -2.20. The van der Waals surface area contributed by atoms with Crippen LogP contribution in [0.15, 0.2) is 35.8 Å². The Labute approximate surface area is 123 Å². The van der Waals surface area contributed by atoms with E-state index in [9.17, 15) is 14.3 Å². The summed E-state index contributed by atoms with van der Waals surface area (Å²) < 4.78 is 14.5. The van der Waals surface area contributed by atoms with Crippen molar-refractivity contribution in [3.63, 3.8) is 0 Å². The van der Waals surface area contributed by atoms with Crippen LogP contribution in [0.4, 0.5) is 10.2 Å². The maximum atomic E-state index is 12.9. The van der Waals surface area contributed by atoms with Crippen molar-refractivity contribution in [2.24, 2.45) is 0 Å². The predicted octanol–water partition coefficient (Wildman–Crippen LogP) is 2.87. The molecule has 0 unspecified atom stereocenters. The molecule has 21 heavy (non-hydrogen) atoms. The molecule has 0 aliphatic carbocycles. The van der Waals surface area contributed by atoms with Crippen molar-refractivity contribution in [2.45, 2.75) is 6.54 Å². The van der Waals surface area contributed by atoms with E-state index in [1.165, 1.54) is 23.5 Å². The second kappa shape index (κ2) is 5.17. The maximum Gasteiger partial charge on any atom is 0.356 e. The summed E-state index contributed by atoms with van der Waals surface area (Å²) in [4.78, 5) is 18.2. The van der Waals surface area contributed by atoms with Gasteiger partial charge in [-0.1, -0.05) is 12.1 Å². The number of imidazole rings is 1. The lowest BCUT2D eigenvalue weighted by Gasteiger charge is -2.17. The molecule has 0 atom stereocenters. The third-order valence-electron chi connectivity index (χ3n) is 3.14. The normalized spacial score (nSPS) is 11.0. The molecule has 108 valence electrons. The lowest BCUT2D eigenvalue weighted by atomic mass is 10.2. The zero-order valence-electron chi connectivity index (χ0n) is 11.2. The molecule has 0 spiro atoms. The molecule has 0 bridgehead atoms. The highest BCUT2D eigenvalue weighted by Gasteiger charge is 2.22. The molecule has 0 saturated carbocycles. The third-order valence-corrected chi connectivity index (χ3v) is 3.90. The summed E-state index contributed by atoms with van der Waals surface area (Å²) >= 11 is 1.38. The van der Waals surface area contributed by atoms with Gasteiger partial charge in [0, 0.05) is 25.2 Å². The molecule has 2 aromatic heterocycles. The number of carboxylic acids is 1. The predicted molar refractivity (Wildman–Crippen MR) is 78.5 cm³/mol. The maximum absolute atomic E-state index is 12.9. The van der Waals surface area contributed by atoms with Crippen LogP contribution in [0.25, 0.3) is 4.96 Å². The molecule has 0 amide bonds. The van der Waals surface area contributed by atoms with E-state index in [4.69, 9.17) is 0 Å². The fourth-order valence-corrected chi connectivity index (χ4v) is 2.89. The Morgan fingerprint density at radius 3 is 2.81 bits per heavy atom. The van der Waals surface area contributed by atoms with E-state index in [2.05, 4.69) is 4.98 Å². The molecule has 0 aliphatic rings. The number of aromatic carboxylic acids is 1. The van der Waals surface area contributed by atoms with Crippen molar-refractivity contribution < 1.29 is 14.3 Å². The van der Waals surface area contributed by atoms with Crippen LogP contribution < -0.4 is 4.90 Å². The number of carbonyl (C=O) groups is 1. The minimum atomic E-state index is -1.03. The van der Waals surface area contributed by atoms with E-state index in [1.807, 2.05) is 0 Å². The van der Waals surface area contributed by atoms with Crippen LogP contribution >= 0.6 is 11.3 Å². The minimum absolute atomic E-state index is 0.135. The number of anilines is 1.